The van der Waals surface area contributed by atoms with Gasteiger partial charge in [0.2, 0.25) is 5.91 Å². The van der Waals surface area contributed by atoms with Crippen LogP contribution in [0, 0.1) is 5.82 Å². The van der Waals surface area contributed by atoms with E-state index in [0.29, 0.717) is 16.5 Å². The fraction of sp³-hybridized carbons (Fsp3) is 0.167. The van der Waals surface area contributed by atoms with E-state index in [9.17, 15) is 9.18 Å². The minimum absolute atomic E-state index is 0.106. The third-order valence-corrected chi connectivity index (χ3v) is 2.32. The fourth-order valence-corrected chi connectivity index (χ4v) is 1.57. The minimum Gasteiger partial charge on any atom is -0.392 e. The first-order chi connectivity index (χ1) is 8.10. The third-order valence-electron chi connectivity index (χ3n) is 2.32. The van der Waals surface area contributed by atoms with Crippen LogP contribution in [0.4, 0.5) is 10.1 Å². The zero-order chi connectivity index (χ0) is 12.4. The smallest absolute Gasteiger partial charge is 0.221 e. The Bertz CT molecular complexity index is 584. The molecule has 0 saturated heterocycles. The number of nitrogens with one attached hydrogen (secondary N) is 1. The van der Waals surface area contributed by atoms with Crippen molar-refractivity contribution in [3.05, 3.63) is 35.8 Å². The Kier molecular flexibility index (Phi) is 3.01. The highest BCUT2D eigenvalue weighted by atomic mass is 19.1. The normalized spacial score (nSPS) is 10.5. The number of hydrogen-bond acceptors (Lipinski definition) is 3. The predicted octanol–water partition coefficient (Wildman–Crippen LogP) is 1.82. The van der Waals surface area contributed by atoms with Crippen LogP contribution >= 0.6 is 0 Å². The maximum absolute atomic E-state index is 13.6. The second-order valence-corrected chi connectivity index (χ2v) is 3.71. The highest BCUT2D eigenvalue weighted by molar-refractivity contribution is 5.92. The van der Waals surface area contributed by atoms with Crippen molar-refractivity contribution in [2.45, 2.75) is 13.5 Å². The van der Waals surface area contributed by atoms with Gasteiger partial charge in [-0.25, -0.2) is 4.39 Å². The van der Waals surface area contributed by atoms with E-state index < -0.39 is 5.82 Å². The van der Waals surface area contributed by atoms with Gasteiger partial charge in [-0.15, -0.1) is 0 Å². The number of aliphatic hydroxyl groups excluding tert-OH is 1. The maximum atomic E-state index is 13.6. The van der Waals surface area contributed by atoms with E-state index >= 15 is 0 Å². The standard InChI is InChI=1S/C12H11FN2O2/c1-7(17)15-12-4-11-9(3-10(12)13)2-8(6-16)5-14-11/h2-5,16H,6H2,1H3,(H,15,17). The third kappa shape index (κ3) is 2.39. The predicted molar refractivity (Wildman–Crippen MR) is 61.9 cm³/mol. The number of carbonyl (C=O) groups excluding carboxylic acids is 1. The molecule has 1 aromatic heterocycles. The molecular weight excluding hydrogens is 223 g/mol. The molecule has 0 radical (unpaired) electrons. The van der Waals surface area contributed by atoms with E-state index in [2.05, 4.69) is 10.3 Å². The van der Waals surface area contributed by atoms with Gasteiger partial charge in [0.05, 0.1) is 17.8 Å². The van der Waals surface area contributed by atoms with Crippen molar-refractivity contribution in [3.63, 3.8) is 0 Å². The zero-order valence-electron chi connectivity index (χ0n) is 9.20. The van der Waals surface area contributed by atoms with Crippen molar-refractivity contribution >= 4 is 22.5 Å². The van der Waals surface area contributed by atoms with Crippen LogP contribution in [-0.2, 0) is 11.4 Å². The minimum atomic E-state index is -0.524. The average molecular weight is 234 g/mol. The lowest BCUT2D eigenvalue weighted by molar-refractivity contribution is -0.114. The van der Waals surface area contributed by atoms with E-state index in [1.807, 2.05) is 0 Å². The van der Waals surface area contributed by atoms with Crippen LogP contribution in [0.15, 0.2) is 24.4 Å². The molecule has 0 saturated carbocycles. The number of amides is 1. The summed E-state index contributed by atoms with van der Waals surface area (Å²) in [4.78, 5) is 15.0. The molecule has 2 aromatic rings. The van der Waals surface area contributed by atoms with Gasteiger partial charge in [0, 0.05) is 18.5 Å². The highest BCUT2D eigenvalue weighted by Gasteiger charge is 2.07. The summed E-state index contributed by atoms with van der Waals surface area (Å²) in [7, 11) is 0. The number of aliphatic hydroxyl groups is 1. The number of carbonyl (C=O) groups is 1. The van der Waals surface area contributed by atoms with Gasteiger partial charge in [-0.05, 0) is 23.8 Å². The molecule has 0 atom stereocenters. The quantitative estimate of drug-likeness (QED) is 0.833. The first-order valence-electron chi connectivity index (χ1n) is 5.07. The molecule has 0 aliphatic rings. The monoisotopic (exact) mass is 234 g/mol. The van der Waals surface area contributed by atoms with Crippen LogP contribution in [0.3, 0.4) is 0 Å². The lowest BCUT2D eigenvalue weighted by atomic mass is 10.1. The maximum Gasteiger partial charge on any atom is 0.221 e. The largest absolute Gasteiger partial charge is 0.392 e. The van der Waals surface area contributed by atoms with Crippen LogP contribution in [0.5, 0.6) is 0 Å². The van der Waals surface area contributed by atoms with Crippen LogP contribution in [0.25, 0.3) is 10.9 Å². The van der Waals surface area contributed by atoms with Gasteiger partial charge < -0.3 is 10.4 Å². The molecule has 0 unspecified atom stereocenters. The zero-order valence-corrected chi connectivity index (χ0v) is 9.20. The van der Waals surface area contributed by atoms with Crippen molar-refractivity contribution in [2.24, 2.45) is 0 Å². The van der Waals surface area contributed by atoms with Gasteiger partial charge in [-0.1, -0.05) is 0 Å². The topological polar surface area (TPSA) is 62.2 Å². The van der Waals surface area contributed by atoms with Crippen LogP contribution < -0.4 is 5.32 Å². The molecule has 5 heteroatoms. The number of pyridine rings is 1. The Morgan fingerprint density at radius 1 is 1.47 bits per heavy atom. The molecular formula is C12H11FN2O2. The number of hydrogen-bond donors (Lipinski definition) is 2. The SMILES string of the molecule is CC(=O)Nc1cc2ncc(CO)cc2cc1F. The van der Waals surface area contributed by atoms with Crippen LogP contribution in [0.1, 0.15) is 12.5 Å². The molecule has 1 aromatic carbocycles. The number of aromatic nitrogens is 1. The summed E-state index contributed by atoms with van der Waals surface area (Å²) >= 11 is 0. The van der Waals surface area contributed by atoms with Crippen molar-refractivity contribution in [2.75, 3.05) is 5.32 Å². The van der Waals surface area contributed by atoms with Crippen molar-refractivity contribution < 1.29 is 14.3 Å². The molecule has 0 bridgehead atoms. The Balaban J connectivity index is 2.54. The van der Waals surface area contributed by atoms with Crippen molar-refractivity contribution in [1.29, 1.82) is 0 Å². The second kappa shape index (κ2) is 4.47. The van der Waals surface area contributed by atoms with Gasteiger partial charge in [0.25, 0.3) is 0 Å². The summed E-state index contributed by atoms with van der Waals surface area (Å²) in [6.45, 7) is 1.17. The van der Waals surface area contributed by atoms with Crippen molar-refractivity contribution in [3.8, 4) is 0 Å². The van der Waals surface area contributed by atoms with Gasteiger partial charge in [-0.2, -0.15) is 0 Å². The second-order valence-electron chi connectivity index (χ2n) is 3.71. The number of benzene rings is 1. The molecule has 0 fully saturated rings. The van der Waals surface area contributed by atoms with Gasteiger partial charge in [-0.3, -0.25) is 9.78 Å². The summed E-state index contributed by atoms with van der Waals surface area (Å²) in [6, 6.07) is 4.41. The Hall–Kier alpha value is -2.01. The number of rotatable bonds is 2. The van der Waals surface area contributed by atoms with E-state index in [0.717, 1.165) is 0 Å². The van der Waals surface area contributed by atoms with Crippen LogP contribution in [0.2, 0.25) is 0 Å². The fourth-order valence-electron chi connectivity index (χ4n) is 1.57. The molecule has 17 heavy (non-hydrogen) atoms. The molecule has 88 valence electrons. The highest BCUT2D eigenvalue weighted by Crippen LogP contribution is 2.22. The molecule has 0 aliphatic carbocycles. The molecule has 1 heterocycles. The molecule has 4 nitrogen and oxygen atoms in total. The Morgan fingerprint density at radius 2 is 2.24 bits per heavy atom. The summed E-state index contributed by atoms with van der Waals surface area (Å²) < 4.78 is 13.6. The Labute approximate surface area is 97.1 Å². The lowest BCUT2D eigenvalue weighted by Crippen LogP contribution is -2.07. The first-order valence-corrected chi connectivity index (χ1v) is 5.07. The van der Waals surface area contributed by atoms with Gasteiger partial charge in [0.15, 0.2) is 0 Å². The lowest BCUT2D eigenvalue weighted by Gasteiger charge is -2.06. The molecule has 2 rings (SSSR count). The van der Waals surface area contributed by atoms with Crippen LogP contribution in [-0.4, -0.2) is 16.0 Å². The molecule has 2 N–H and O–H groups in total. The summed E-state index contributed by atoms with van der Waals surface area (Å²) in [5, 5.41) is 11.9. The summed E-state index contributed by atoms with van der Waals surface area (Å²) in [5.74, 6) is -0.861. The van der Waals surface area contributed by atoms with E-state index in [1.54, 1.807) is 6.07 Å². The number of fused-ring (bicyclic) bond motifs is 1. The van der Waals surface area contributed by atoms with Crippen molar-refractivity contribution in [1.82, 2.24) is 4.98 Å². The van der Waals surface area contributed by atoms with E-state index in [-0.39, 0.29) is 18.2 Å². The van der Waals surface area contributed by atoms with E-state index in [4.69, 9.17) is 5.11 Å². The summed E-state index contributed by atoms with van der Waals surface area (Å²) in [6.07, 6.45) is 1.51. The van der Waals surface area contributed by atoms with Gasteiger partial charge >= 0.3 is 0 Å². The number of nitrogens with zero attached hydrogens (tertiary/aromatic N) is 1. The average Bonchev–Trinajstić information content (AvgIpc) is 2.29. The molecule has 0 aliphatic heterocycles. The molecule has 1 amide bonds. The van der Waals surface area contributed by atoms with E-state index in [1.165, 1.54) is 25.3 Å². The Morgan fingerprint density at radius 3 is 2.88 bits per heavy atom. The first kappa shape index (κ1) is 11.5. The summed E-state index contributed by atoms with van der Waals surface area (Å²) in [5.41, 5.74) is 1.28. The van der Waals surface area contributed by atoms with Gasteiger partial charge in [0.1, 0.15) is 5.82 Å². The number of halogens is 1. The molecule has 0 spiro atoms. The number of anilines is 1.